The summed E-state index contributed by atoms with van der Waals surface area (Å²) in [6.45, 7) is 0. The molecule has 0 aromatic heterocycles. The summed E-state index contributed by atoms with van der Waals surface area (Å²) in [7, 11) is -0.0984. The van der Waals surface area contributed by atoms with Crippen LogP contribution in [0.5, 0.6) is 0 Å². The number of esters is 1. The zero-order chi connectivity index (χ0) is 18.2. The normalized spacial score (nSPS) is 12.9. The molecule has 5 nitrogen and oxygen atoms in total. The molecule has 2 aromatic rings. The van der Waals surface area contributed by atoms with E-state index in [-0.39, 0.29) is 17.7 Å². The fraction of sp³-hybridized carbons (Fsp3) is 0.222. The van der Waals surface area contributed by atoms with Crippen molar-refractivity contribution in [1.82, 2.24) is 5.32 Å². The average Bonchev–Trinajstić information content (AvgIpc) is 2.64. The van der Waals surface area contributed by atoms with Crippen molar-refractivity contribution in [3.05, 3.63) is 66.0 Å². The Balaban J connectivity index is 2.02. The smallest absolute Gasteiger partial charge is 0.328 e. The van der Waals surface area contributed by atoms with Crippen molar-refractivity contribution in [3.8, 4) is 0 Å². The van der Waals surface area contributed by atoms with Gasteiger partial charge in [-0.15, -0.1) is 0 Å². The van der Waals surface area contributed by atoms with Crippen molar-refractivity contribution in [3.63, 3.8) is 0 Å². The number of nitrogens with one attached hydrogen (secondary N) is 1. The van der Waals surface area contributed by atoms with Gasteiger partial charge < -0.3 is 10.1 Å². The molecule has 132 valence electrons. The molecule has 2 atom stereocenters. The molecule has 0 bridgehead atoms. The van der Waals surface area contributed by atoms with Crippen LogP contribution in [0.4, 0.5) is 4.39 Å². The van der Waals surface area contributed by atoms with Crippen LogP contribution in [0, 0.1) is 5.82 Å². The van der Waals surface area contributed by atoms with Gasteiger partial charge in [-0.25, -0.2) is 9.18 Å². The lowest BCUT2D eigenvalue weighted by molar-refractivity contribution is -0.142. The van der Waals surface area contributed by atoms with Gasteiger partial charge in [0.2, 0.25) is 0 Å². The van der Waals surface area contributed by atoms with Gasteiger partial charge in [0.1, 0.15) is 11.9 Å². The minimum absolute atomic E-state index is 0.0954. The molecule has 1 amide bonds. The van der Waals surface area contributed by atoms with Crippen molar-refractivity contribution in [2.75, 3.05) is 12.9 Å². The Kier molecular flexibility index (Phi) is 6.82. The van der Waals surface area contributed by atoms with Gasteiger partial charge in [-0.05, 0) is 36.8 Å². The standard InChI is InChI=1S/C18H18FNO4S/c1-24-18(22)16(10-11-25(23)15-8-3-2-4-9-15)20-17(21)13-6-5-7-14(19)12-13/h2-9,12,16H,10-11H2,1H3,(H,20,21)/t16-,25-/m1/s1. The van der Waals surface area contributed by atoms with Crippen LogP contribution in [-0.4, -0.2) is 35.0 Å². The van der Waals surface area contributed by atoms with Crippen LogP contribution in [0.2, 0.25) is 0 Å². The Hall–Kier alpha value is -2.54. The summed E-state index contributed by atoms with van der Waals surface area (Å²) in [5.74, 6) is -1.62. The average molecular weight is 363 g/mol. The Morgan fingerprint density at radius 1 is 1.16 bits per heavy atom. The van der Waals surface area contributed by atoms with Gasteiger partial charge >= 0.3 is 5.97 Å². The Bertz CT molecular complexity index is 767. The summed E-state index contributed by atoms with van der Waals surface area (Å²) in [6.07, 6.45) is 0.134. The van der Waals surface area contributed by atoms with E-state index in [2.05, 4.69) is 10.1 Å². The van der Waals surface area contributed by atoms with Crippen molar-refractivity contribution in [2.45, 2.75) is 17.4 Å². The van der Waals surface area contributed by atoms with Crippen LogP contribution in [0.1, 0.15) is 16.8 Å². The first-order valence-electron chi connectivity index (χ1n) is 7.59. The van der Waals surface area contributed by atoms with Crippen LogP contribution < -0.4 is 5.32 Å². The van der Waals surface area contributed by atoms with Gasteiger partial charge in [0.05, 0.1) is 17.9 Å². The highest BCUT2D eigenvalue weighted by molar-refractivity contribution is 7.85. The van der Waals surface area contributed by atoms with E-state index in [1.807, 2.05) is 6.07 Å². The Morgan fingerprint density at radius 2 is 1.88 bits per heavy atom. The fourth-order valence-corrected chi connectivity index (χ4v) is 3.32. The number of carbonyl (C=O) groups is 2. The van der Waals surface area contributed by atoms with Gasteiger partial charge in [0.15, 0.2) is 0 Å². The number of carbonyl (C=O) groups excluding carboxylic acids is 2. The molecule has 2 aromatic carbocycles. The monoisotopic (exact) mass is 363 g/mol. The summed E-state index contributed by atoms with van der Waals surface area (Å²) >= 11 is 0. The zero-order valence-corrected chi connectivity index (χ0v) is 14.4. The third-order valence-corrected chi connectivity index (χ3v) is 4.88. The van der Waals surface area contributed by atoms with Crippen LogP contribution in [0.3, 0.4) is 0 Å². The second kappa shape index (κ2) is 9.08. The maximum absolute atomic E-state index is 13.2. The number of rotatable bonds is 7. The highest BCUT2D eigenvalue weighted by Crippen LogP contribution is 2.10. The van der Waals surface area contributed by atoms with E-state index in [0.717, 1.165) is 6.07 Å². The number of methoxy groups -OCH3 is 1. The van der Waals surface area contributed by atoms with Crippen LogP contribution >= 0.6 is 0 Å². The number of hydrogen-bond donors (Lipinski definition) is 1. The zero-order valence-electron chi connectivity index (χ0n) is 13.6. The van der Waals surface area contributed by atoms with E-state index >= 15 is 0 Å². The first-order chi connectivity index (χ1) is 12.0. The van der Waals surface area contributed by atoms with Gasteiger partial charge in [0.25, 0.3) is 5.91 Å². The first kappa shape index (κ1) is 18.8. The molecule has 25 heavy (non-hydrogen) atoms. The summed E-state index contributed by atoms with van der Waals surface area (Å²) < 4.78 is 30.2. The molecule has 0 aliphatic rings. The molecule has 2 rings (SSSR count). The maximum atomic E-state index is 13.2. The number of benzene rings is 2. The SMILES string of the molecule is COC(=O)[C@@H](CC[S@@](=O)c1ccccc1)NC(=O)c1cccc(F)c1. The van der Waals surface area contributed by atoms with Gasteiger partial charge in [-0.1, -0.05) is 24.3 Å². The molecule has 0 saturated heterocycles. The molecule has 0 aliphatic heterocycles. The van der Waals surface area contributed by atoms with Crippen molar-refractivity contribution >= 4 is 22.7 Å². The van der Waals surface area contributed by atoms with Gasteiger partial charge in [0, 0.05) is 16.2 Å². The molecule has 1 N–H and O–H groups in total. The van der Waals surface area contributed by atoms with E-state index in [9.17, 15) is 18.2 Å². The van der Waals surface area contributed by atoms with Crippen molar-refractivity contribution < 1.29 is 22.9 Å². The van der Waals surface area contributed by atoms with Gasteiger partial charge in [-0.3, -0.25) is 9.00 Å². The number of hydrogen-bond acceptors (Lipinski definition) is 4. The minimum atomic E-state index is -1.30. The molecule has 0 fully saturated rings. The predicted octanol–water partition coefficient (Wildman–Crippen LogP) is 2.30. The molecule has 0 spiro atoms. The topological polar surface area (TPSA) is 72.5 Å². The van der Waals surface area contributed by atoms with E-state index in [4.69, 9.17) is 0 Å². The largest absolute Gasteiger partial charge is 0.467 e. The fourth-order valence-electron chi connectivity index (χ4n) is 2.18. The first-order valence-corrected chi connectivity index (χ1v) is 8.91. The van der Waals surface area contributed by atoms with Crippen molar-refractivity contribution in [1.29, 1.82) is 0 Å². The van der Waals surface area contributed by atoms with Crippen LogP contribution in [-0.2, 0) is 20.3 Å². The quantitative estimate of drug-likeness (QED) is 0.766. The third-order valence-electron chi connectivity index (χ3n) is 3.48. The summed E-state index contributed by atoms with van der Waals surface area (Å²) in [6, 6.07) is 13.0. The van der Waals surface area contributed by atoms with E-state index in [1.165, 1.54) is 25.3 Å². The lowest BCUT2D eigenvalue weighted by Gasteiger charge is -2.16. The second-order valence-corrected chi connectivity index (χ2v) is 6.78. The number of amides is 1. The molecule has 0 unspecified atom stereocenters. The molecule has 0 saturated carbocycles. The molecule has 0 radical (unpaired) electrons. The van der Waals surface area contributed by atoms with Crippen molar-refractivity contribution in [2.24, 2.45) is 0 Å². The summed E-state index contributed by atoms with van der Waals surface area (Å²) in [4.78, 5) is 24.7. The molecular weight excluding hydrogens is 345 g/mol. The third kappa shape index (κ3) is 5.49. The number of halogens is 1. The summed E-state index contributed by atoms with van der Waals surface area (Å²) in [5.41, 5.74) is 0.0954. The van der Waals surface area contributed by atoms with E-state index in [0.29, 0.717) is 4.90 Å². The Labute approximate surface area is 147 Å². The lowest BCUT2D eigenvalue weighted by atomic mass is 10.1. The Morgan fingerprint density at radius 3 is 2.52 bits per heavy atom. The lowest BCUT2D eigenvalue weighted by Crippen LogP contribution is -2.42. The molecule has 0 aliphatic carbocycles. The number of ether oxygens (including phenoxy) is 1. The van der Waals surface area contributed by atoms with E-state index < -0.39 is 34.5 Å². The molecular formula is C18H18FNO4S. The highest BCUT2D eigenvalue weighted by Gasteiger charge is 2.23. The van der Waals surface area contributed by atoms with Crippen LogP contribution in [0.25, 0.3) is 0 Å². The predicted molar refractivity (Wildman–Crippen MR) is 92.0 cm³/mol. The molecule has 7 heteroatoms. The van der Waals surface area contributed by atoms with Gasteiger partial charge in [-0.2, -0.15) is 0 Å². The highest BCUT2D eigenvalue weighted by atomic mass is 32.2. The van der Waals surface area contributed by atoms with E-state index in [1.54, 1.807) is 24.3 Å². The molecule has 0 heterocycles. The maximum Gasteiger partial charge on any atom is 0.328 e. The van der Waals surface area contributed by atoms with Crippen LogP contribution in [0.15, 0.2) is 59.5 Å². The second-order valence-electron chi connectivity index (χ2n) is 5.21. The summed E-state index contributed by atoms with van der Waals surface area (Å²) in [5, 5.41) is 2.50. The minimum Gasteiger partial charge on any atom is -0.467 e.